The highest BCUT2D eigenvalue weighted by atomic mass is 16.5. The molecule has 6 nitrogen and oxygen atoms in total. The Morgan fingerprint density at radius 2 is 1.55 bits per heavy atom. The van der Waals surface area contributed by atoms with Crippen molar-refractivity contribution in [3.05, 3.63) is 95.1 Å². The predicted molar refractivity (Wildman–Crippen MR) is 126 cm³/mol. The molecule has 6 heteroatoms. The molecule has 1 amide bonds. The summed E-state index contributed by atoms with van der Waals surface area (Å²) in [6.45, 7) is 0.915. The molecule has 0 fully saturated rings. The summed E-state index contributed by atoms with van der Waals surface area (Å²) in [7, 11) is 1.62. The van der Waals surface area contributed by atoms with E-state index in [-0.39, 0.29) is 25.5 Å². The number of alkyl carbamates (subject to hydrolysis) is 1. The van der Waals surface area contributed by atoms with E-state index in [0.717, 1.165) is 16.7 Å². The first-order valence-electron chi connectivity index (χ1n) is 11.1. The first-order valence-corrected chi connectivity index (χ1v) is 11.1. The summed E-state index contributed by atoms with van der Waals surface area (Å²) in [4.78, 5) is 12.3. The van der Waals surface area contributed by atoms with Crippen LogP contribution >= 0.6 is 0 Å². The van der Waals surface area contributed by atoms with Crippen LogP contribution in [-0.4, -0.2) is 42.7 Å². The Labute approximate surface area is 193 Å². The topological polar surface area (TPSA) is 88.0 Å². The number of carbonyl (C=O) groups excluding carboxylic acids is 1. The monoisotopic (exact) mass is 447 g/mol. The van der Waals surface area contributed by atoms with Gasteiger partial charge in [-0.3, -0.25) is 0 Å². The van der Waals surface area contributed by atoms with E-state index in [0.29, 0.717) is 12.2 Å². The van der Waals surface area contributed by atoms with E-state index in [1.165, 1.54) is 11.1 Å². The fourth-order valence-corrected chi connectivity index (χ4v) is 4.33. The van der Waals surface area contributed by atoms with Crippen LogP contribution in [0.25, 0.3) is 11.1 Å². The summed E-state index contributed by atoms with van der Waals surface area (Å²) in [5, 5.41) is 23.4. The molecular formula is C27H29NO5. The van der Waals surface area contributed by atoms with Crippen molar-refractivity contribution >= 4 is 6.09 Å². The Morgan fingerprint density at radius 1 is 0.939 bits per heavy atom. The molecule has 33 heavy (non-hydrogen) atoms. The number of fused-ring (bicyclic) bond motifs is 3. The summed E-state index contributed by atoms with van der Waals surface area (Å²) >= 11 is 0. The molecule has 3 aromatic rings. The number of hydrogen-bond donors (Lipinski definition) is 3. The molecule has 0 saturated carbocycles. The summed E-state index contributed by atoms with van der Waals surface area (Å²) in [6.07, 6.45) is -2.38. The van der Waals surface area contributed by atoms with Gasteiger partial charge in [-0.1, -0.05) is 72.8 Å². The third kappa shape index (κ3) is 5.25. The maximum absolute atomic E-state index is 12.3. The fourth-order valence-electron chi connectivity index (χ4n) is 4.33. The van der Waals surface area contributed by atoms with Crippen LogP contribution < -0.4 is 5.32 Å². The van der Waals surface area contributed by atoms with Crippen LogP contribution in [0.4, 0.5) is 4.79 Å². The highest BCUT2D eigenvalue weighted by Gasteiger charge is 2.29. The van der Waals surface area contributed by atoms with Crippen LogP contribution in [-0.2, 0) is 16.1 Å². The van der Waals surface area contributed by atoms with Gasteiger partial charge in [-0.25, -0.2) is 4.79 Å². The first kappa shape index (κ1) is 23.0. The first-order chi connectivity index (χ1) is 16.1. The molecule has 1 aliphatic carbocycles. The van der Waals surface area contributed by atoms with Gasteiger partial charge in [0.15, 0.2) is 0 Å². The van der Waals surface area contributed by atoms with Crippen molar-refractivity contribution in [1.82, 2.24) is 5.32 Å². The number of ether oxygens (including phenoxy) is 2. The van der Waals surface area contributed by atoms with E-state index in [1.807, 2.05) is 36.4 Å². The quantitative estimate of drug-likeness (QED) is 0.459. The van der Waals surface area contributed by atoms with Gasteiger partial charge in [-0.05, 0) is 39.8 Å². The van der Waals surface area contributed by atoms with E-state index in [4.69, 9.17) is 9.47 Å². The van der Waals surface area contributed by atoms with E-state index in [1.54, 1.807) is 19.2 Å². The SMILES string of the molecule is COCc1ccc(C(O)C(O)CCNC(=O)OCC2c3ccccc3-c3ccccc32)cc1. The summed E-state index contributed by atoms with van der Waals surface area (Å²) in [5.41, 5.74) is 6.26. The van der Waals surface area contributed by atoms with Gasteiger partial charge in [0.05, 0.1) is 12.7 Å². The lowest BCUT2D eigenvalue weighted by molar-refractivity contribution is 0.0136. The zero-order chi connectivity index (χ0) is 23.2. The second-order valence-corrected chi connectivity index (χ2v) is 8.23. The maximum Gasteiger partial charge on any atom is 0.407 e. The van der Waals surface area contributed by atoms with E-state index < -0.39 is 18.3 Å². The van der Waals surface area contributed by atoms with Gasteiger partial charge in [0.25, 0.3) is 0 Å². The Morgan fingerprint density at radius 3 is 2.15 bits per heavy atom. The van der Waals surface area contributed by atoms with E-state index >= 15 is 0 Å². The highest BCUT2D eigenvalue weighted by molar-refractivity contribution is 5.79. The van der Waals surface area contributed by atoms with Crippen molar-refractivity contribution in [3.63, 3.8) is 0 Å². The molecule has 3 aromatic carbocycles. The average Bonchev–Trinajstić information content (AvgIpc) is 3.16. The van der Waals surface area contributed by atoms with Crippen LogP contribution in [0.1, 0.15) is 40.7 Å². The van der Waals surface area contributed by atoms with Crippen LogP contribution in [0.2, 0.25) is 0 Å². The van der Waals surface area contributed by atoms with Crippen molar-refractivity contribution in [3.8, 4) is 11.1 Å². The standard InChI is InChI=1S/C27H29NO5/c1-32-16-18-10-12-19(13-11-18)26(30)25(29)14-15-28-27(31)33-17-24-22-8-4-2-6-20(22)21-7-3-5-9-23(21)24/h2-13,24-26,29-30H,14-17H2,1H3,(H,28,31). The van der Waals surface area contributed by atoms with Crippen molar-refractivity contribution in [2.45, 2.75) is 31.2 Å². The largest absolute Gasteiger partial charge is 0.449 e. The Bertz CT molecular complexity index is 1040. The molecule has 0 heterocycles. The molecule has 0 aromatic heterocycles. The van der Waals surface area contributed by atoms with Crippen LogP contribution in [0, 0.1) is 0 Å². The molecule has 0 bridgehead atoms. The summed E-state index contributed by atoms with van der Waals surface area (Å²) in [5.74, 6) is -0.00311. The van der Waals surface area contributed by atoms with E-state index in [2.05, 4.69) is 29.6 Å². The van der Waals surface area contributed by atoms with Gasteiger partial charge in [0.2, 0.25) is 0 Å². The van der Waals surface area contributed by atoms with Gasteiger partial charge >= 0.3 is 6.09 Å². The van der Waals surface area contributed by atoms with Crippen molar-refractivity contribution in [2.75, 3.05) is 20.3 Å². The zero-order valence-corrected chi connectivity index (χ0v) is 18.6. The number of amides is 1. The molecule has 0 aliphatic heterocycles. The van der Waals surface area contributed by atoms with Crippen molar-refractivity contribution in [1.29, 1.82) is 0 Å². The number of carbonyl (C=O) groups is 1. The fraction of sp³-hybridized carbons (Fsp3) is 0.296. The van der Waals surface area contributed by atoms with Crippen LogP contribution in [0.15, 0.2) is 72.8 Å². The average molecular weight is 448 g/mol. The molecule has 0 saturated heterocycles. The van der Waals surface area contributed by atoms with Gasteiger partial charge < -0.3 is 25.0 Å². The summed E-state index contributed by atoms with van der Waals surface area (Å²) < 4.78 is 10.6. The minimum atomic E-state index is -1.04. The molecule has 2 unspecified atom stereocenters. The minimum Gasteiger partial charge on any atom is -0.449 e. The number of aliphatic hydroxyl groups is 2. The van der Waals surface area contributed by atoms with E-state index in [9.17, 15) is 15.0 Å². The number of methoxy groups -OCH3 is 1. The molecule has 3 N–H and O–H groups in total. The van der Waals surface area contributed by atoms with Gasteiger partial charge in [-0.2, -0.15) is 0 Å². The van der Waals surface area contributed by atoms with Crippen LogP contribution in [0.3, 0.4) is 0 Å². The molecule has 1 aliphatic rings. The molecule has 4 rings (SSSR count). The second kappa shape index (κ2) is 10.6. The lowest BCUT2D eigenvalue weighted by atomic mass is 9.98. The Hall–Kier alpha value is -3.19. The molecular weight excluding hydrogens is 418 g/mol. The lowest BCUT2D eigenvalue weighted by Gasteiger charge is -2.19. The number of aliphatic hydroxyl groups excluding tert-OH is 2. The molecule has 2 atom stereocenters. The lowest BCUT2D eigenvalue weighted by Crippen LogP contribution is -2.30. The smallest absolute Gasteiger partial charge is 0.407 e. The van der Waals surface area contributed by atoms with Crippen molar-refractivity contribution < 1.29 is 24.5 Å². The van der Waals surface area contributed by atoms with Gasteiger partial charge in [-0.15, -0.1) is 0 Å². The number of nitrogens with one attached hydrogen (secondary N) is 1. The highest BCUT2D eigenvalue weighted by Crippen LogP contribution is 2.44. The third-order valence-corrected chi connectivity index (χ3v) is 6.05. The van der Waals surface area contributed by atoms with Crippen molar-refractivity contribution in [2.24, 2.45) is 0 Å². The minimum absolute atomic E-state index is 0.00311. The summed E-state index contributed by atoms with van der Waals surface area (Å²) in [6, 6.07) is 23.6. The number of benzene rings is 3. The van der Waals surface area contributed by atoms with Gasteiger partial charge in [0, 0.05) is 19.6 Å². The molecule has 0 radical (unpaired) electrons. The predicted octanol–water partition coefficient (Wildman–Crippen LogP) is 4.16. The number of hydrogen-bond acceptors (Lipinski definition) is 5. The second-order valence-electron chi connectivity index (χ2n) is 8.23. The maximum atomic E-state index is 12.3. The van der Waals surface area contributed by atoms with Crippen LogP contribution in [0.5, 0.6) is 0 Å². The van der Waals surface area contributed by atoms with Gasteiger partial charge in [0.1, 0.15) is 12.7 Å². The zero-order valence-electron chi connectivity index (χ0n) is 18.6. The normalized spacial score (nSPS) is 14.3. The molecule has 172 valence electrons. The third-order valence-electron chi connectivity index (χ3n) is 6.05. The Kier molecular flexibility index (Phi) is 7.40. The molecule has 0 spiro atoms. The number of rotatable bonds is 9. The Balaban J connectivity index is 1.25.